The van der Waals surface area contributed by atoms with E-state index in [1.807, 2.05) is 6.20 Å². The number of rotatable bonds is 4. The Morgan fingerprint density at radius 3 is 2.94 bits per heavy atom. The fourth-order valence-electron chi connectivity index (χ4n) is 2.15. The summed E-state index contributed by atoms with van der Waals surface area (Å²) >= 11 is 3.66. The van der Waals surface area contributed by atoms with Crippen molar-refractivity contribution in [2.45, 2.75) is 31.7 Å². The topological polar surface area (TPSA) is 55.9 Å². The number of nitrogens with zero attached hydrogens (tertiary/aromatic N) is 2. The molecule has 0 amide bonds. The normalized spacial score (nSPS) is 17.9. The van der Waals surface area contributed by atoms with E-state index in [0.717, 1.165) is 49.9 Å². The van der Waals surface area contributed by atoms with E-state index in [1.165, 1.54) is 5.56 Å². The summed E-state index contributed by atoms with van der Waals surface area (Å²) in [7, 11) is 0. The van der Waals surface area contributed by atoms with Crippen LogP contribution in [-0.2, 0) is 6.42 Å². The maximum atomic E-state index is 5.53. The molecule has 16 heavy (non-hydrogen) atoms. The summed E-state index contributed by atoms with van der Waals surface area (Å²) in [4.78, 5) is 0. The second-order valence-corrected chi connectivity index (χ2v) is 5.03. The molecule has 2 heterocycles. The van der Waals surface area contributed by atoms with Gasteiger partial charge in [-0.15, -0.1) is 0 Å². The lowest BCUT2D eigenvalue weighted by Crippen LogP contribution is -2.30. The van der Waals surface area contributed by atoms with Crippen LogP contribution in [0.25, 0.3) is 0 Å². The first-order valence-electron chi connectivity index (χ1n) is 5.95. The summed E-state index contributed by atoms with van der Waals surface area (Å²) in [5, 5.41) is 7.87. The van der Waals surface area contributed by atoms with Crippen molar-refractivity contribution >= 4 is 15.9 Å². The van der Waals surface area contributed by atoms with Gasteiger partial charge in [0, 0.05) is 5.56 Å². The minimum atomic E-state index is 0.544. The number of halogens is 1. The minimum absolute atomic E-state index is 0.544. The zero-order chi connectivity index (χ0) is 11.4. The summed E-state index contributed by atoms with van der Waals surface area (Å²) in [5.41, 5.74) is 6.81. The largest absolute Gasteiger partial charge is 0.330 e. The molecular formula is C11H19BrN4. The van der Waals surface area contributed by atoms with Crippen LogP contribution < -0.4 is 11.1 Å². The van der Waals surface area contributed by atoms with E-state index in [0.29, 0.717) is 6.04 Å². The summed E-state index contributed by atoms with van der Waals surface area (Å²) in [6.07, 6.45) is 6.34. The van der Waals surface area contributed by atoms with Gasteiger partial charge in [0.05, 0.1) is 12.2 Å². The highest BCUT2D eigenvalue weighted by atomic mass is 79.9. The van der Waals surface area contributed by atoms with Crippen molar-refractivity contribution in [3.8, 4) is 0 Å². The molecule has 1 aromatic rings. The van der Waals surface area contributed by atoms with Crippen molar-refractivity contribution in [3.05, 3.63) is 16.4 Å². The van der Waals surface area contributed by atoms with Crippen LogP contribution in [0.5, 0.6) is 0 Å². The summed E-state index contributed by atoms with van der Waals surface area (Å²) in [6, 6.07) is 0.544. The zero-order valence-electron chi connectivity index (χ0n) is 9.45. The maximum Gasteiger partial charge on any atom is 0.107 e. The molecule has 1 aliphatic rings. The molecular weight excluding hydrogens is 268 g/mol. The van der Waals surface area contributed by atoms with Gasteiger partial charge in [0.2, 0.25) is 0 Å². The van der Waals surface area contributed by atoms with E-state index >= 15 is 0 Å². The van der Waals surface area contributed by atoms with Crippen molar-refractivity contribution in [1.29, 1.82) is 0 Å². The molecule has 0 aliphatic carbocycles. The highest BCUT2D eigenvalue weighted by Crippen LogP contribution is 2.26. The zero-order valence-corrected chi connectivity index (χ0v) is 11.0. The van der Waals surface area contributed by atoms with Gasteiger partial charge in [0.25, 0.3) is 0 Å². The van der Waals surface area contributed by atoms with E-state index in [2.05, 4.69) is 31.0 Å². The predicted molar refractivity (Wildman–Crippen MR) is 68.4 cm³/mol. The molecule has 1 aliphatic heterocycles. The number of aryl methyl sites for hydroxylation is 1. The highest BCUT2D eigenvalue weighted by molar-refractivity contribution is 9.10. The molecule has 0 aromatic carbocycles. The molecule has 1 saturated heterocycles. The standard InChI is InChI=1S/C11H19BrN4/c12-11-9(2-1-5-13)8-15-16(11)10-3-6-14-7-4-10/h8,10,14H,1-7,13H2. The van der Waals surface area contributed by atoms with Crippen molar-refractivity contribution in [1.82, 2.24) is 15.1 Å². The first-order chi connectivity index (χ1) is 7.83. The fourth-order valence-corrected chi connectivity index (χ4v) is 2.83. The third kappa shape index (κ3) is 2.64. The lowest BCUT2D eigenvalue weighted by Gasteiger charge is -2.23. The predicted octanol–water partition coefficient (Wildman–Crippen LogP) is 1.46. The SMILES string of the molecule is NCCCc1cnn(C2CCNCC2)c1Br. The lowest BCUT2D eigenvalue weighted by atomic mass is 10.1. The molecule has 5 heteroatoms. The van der Waals surface area contributed by atoms with Crippen LogP contribution in [0.2, 0.25) is 0 Å². The minimum Gasteiger partial charge on any atom is -0.330 e. The highest BCUT2D eigenvalue weighted by Gasteiger charge is 2.19. The van der Waals surface area contributed by atoms with Gasteiger partial charge in [-0.25, -0.2) is 0 Å². The third-order valence-electron chi connectivity index (χ3n) is 3.11. The van der Waals surface area contributed by atoms with Gasteiger partial charge in [0.1, 0.15) is 4.60 Å². The van der Waals surface area contributed by atoms with E-state index in [9.17, 15) is 0 Å². The maximum absolute atomic E-state index is 5.53. The number of hydrogen-bond acceptors (Lipinski definition) is 3. The lowest BCUT2D eigenvalue weighted by molar-refractivity contribution is 0.338. The summed E-state index contributed by atoms with van der Waals surface area (Å²) < 4.78 is 3.28. The Hall–Kier alpha value is -0.390. The number of piperidine rings is 1. The van der Waals surface area contributed by atoms with Crippen LogP contribution in [0.4, 0.5) is 0 Å². The molecule has 0 atom stereocenters. The number of hydrogen-bond donors (Lipinski definition) is 2. The molecule has 4 nitrogen and oxygen atoms in total. The molecule has 0 unspecified atom stereocenters. The van der Waals surface area contributed by atoms with Crippen molar-refractivity contribution in [2.24, 2.45) is 5.73 Å². The molecule has 1 aromatic heterocycles. The quantitative estimate of drug-likeness (QED) is 0.881. The van der Waals surface area contributed by atoms with Crippen LogP contribution in [0.3, 0.4) is 0 Å². The van der Waals surface area contributed by atoms with Gasteiger partial charge < -0.3 is 11.1 Å². The molecule has 0 spiro atoms. The second kappa shape index (κ2) is 5.80. The number of aromatic nitrogens is 2. The van der Waals surface area contributed by atoms with E-state index < -0.39 is 0 Å². The van der Waals surface area contributed by atoms with Crippen LogP contribution in [0.15, 0.2) is 10.8 Å². The van der Waals surface area contributed by atoms with Gasteiger partial charge in [-0.2, -0.15) is 5.10 Å². The van der Waals surface area contributed by atoms with Gasteiger partial charge in [-0.05, 0) is 61.2 Å². The summed E-state index contributed by atoms with van der Waals surface area (Å²) in [5.74, 6) is 0. The Kier molecular flexibility index (Phi) is 4.37. The smallest absolute Gasteiger partial charge is 0.107 e. The average molecular weight is 287 g/mol. The Labute approximate surface area is 105 Å². The monoisotopic (exact) mass is 286 g/mol. The average Bonchev–Trinajstić information content (AvgIpc) is 2.69. The number of nitrogens with two attached hydrogens (primary N) is 1. The van der Waals surface area contributed by atoms with Crippen LogP contribution >= 0.6 is 15.9 Å². The van der Waals surface area contributed by atoms with Crippen LogP contribution in [0, 0.1) is 0 Å². The number of nitrogens with one attached hydrogen (secondary N) is 1. The van der Waals surface area contributed by atoms with E-state index in [4.69, 9.17) is 5.73 Å². The molecule has 3 N–H and O–H groups in total. The van der Waals surface area contributed by atoms with Crippen LogP contribution in [0.1, 0.15) is 30.9 Å². The van der Waals surface area contributed by atoms with Crippen molar-refractivity contribution in [3.63, 3.8) is 0 Å². The Bertz CT molecular complexity index is 331. The molecule has 0 bridgehead atoms. The first kappa shape index (κ1) is 12.1. The Balaban J connectivity index is 2.06. The molecule has 0 radical (unpaired) electrons. The van der Waals surface area contributed by atoms with E-state index in [-0.39, 0.29) is 0 Å². The van der Waals surface area contributed by atoms with Crippen LogP contribution in [-0.4, -0.2) is 29.4 Å². The molecule has 1 fully saturated rings. The molecule has 2 rings (SSSR count). The van der Waals surface area contributed by atoms with E-state index in [1.54, 1.807) is 0 Å². The van der Waals surface area contributed by atoms with Gasteiger partial charge in [0.15, 0.2) is 0 Å². The Morgan fingerprint density at radius 1 is 1.50 bits per heavy atom. The molecule has 90 valence electrons. The van der Waals surface area contributed by atoms with Gasteiger partial charge in [-0.3, -0.25) is 4.68 Å². The van der Waals surface area contributed by atoms with Crippen molar-refractivity contribution in [2.75, 3.05) is 19.6 Å². The second-order valence-electron chi connectivity index (χ2n) is 4.28. The Morgan fingerprint density at radius 2 is 2.25 bits per heavy atom. The summed E-state index contributed by atoms with van der Waals surface area (Å²) in [6.45, 7) is 2.93. The molecule has 0 saturated carbocycles. The van der Waals surface area contributed by atoms with Crippen molar-refractivity contribution < 1.29 is 0 Å². The van der Waals surface area contributed by atoms with Gasteiger partial charge in [-0.1, -0.05) is 0 Å². The van der Waals surface area contributed by atoms with Gasteiger partial charge >= 0.3 is 0 Å². The fraction of sp³-hybridized carbons (Fsp3) is 0.727. The first-order valence-corrected chi connectivity index (χ1v) is 6.75. The third-order valence-corrected chi connectivity index (χ3v) is 3.98.